The van der Waals surface area contributed by atoms with Gasteiger partial charge in [-0.15, -0.1) is 12.6 Å². The van der Waals surface area contributed by atoms with Gasteiger partial charge in [-0.1, -0.05) is 18.6 Å². The molecule has 0 spiro atoms. The first-order chi connectivity index (χ1) is 20.0. The van der Waals surface area contributed by atoms with E-state index in [2.05, 4.69) is 38.9 Å². The molecule has 0 radical (unpaired) electrons. The van der Waals surface area contributed by atoms with Crippen molar-refractivity contribution in [3.8, 4) is 0 Å². The lowest BCUT2D eigenvalue weighted by Crippen LogP contribution is -2.36. The van der Waals surface area contributed by atoms with Crippen LogP contribution in [0.2, 0.25) is 0 Å². The number of nitrogens with zero attached hydrogens (tertiary/aromatic N) is 1. The Hall–Kier alpha value is -2.58. The Morgan fingerprint density at radius 3 is 2.51 bits per heavy atom. The molecule has 2 aliphatic heterocycles. The predicted octanol–water partition coefficient (Wildman–Crippen LogP) is 2.15. The lowest BCUT2D eigenvalue weighted by molar-refractivity contribution is -0.121. The lowest BCUT2D eigenvalue weighted by atomic mass is 10.0. The first kappa shape index (κ1) is 31.4. The van der Waals surface area contributed by atoms with Crippen LogP contribution < -0.4 is 21.3 Å². The average Bonchev–Trinajstić information content (AvgIpc) is 3.52. The number of fused-ring (bicyclic) bond motifs is 2. The number of benzene rings is 1. The van der Waals surface area contributed by atoms with Crippen LogP contribution in [0.5, 0.6) is 0 Å². The van der Waals surface area contributed by atoms with Gasteiger partial charge in [0, 0.05) is 47.0 Å². The number of ether oxygens (including phenoxy) is 3. The molecule has 41 heavy (non-hydrogen) atoms. The van der Waals surface area contributed by atoms with Gasteiger partial charge in [-0.3, -0.25) is 14.6 Å². The summed E-state index contributed by atoms with van der Waals surface area (Å²) in [7, 11) is 0. The van der Waals surface area contributed by atoms with Crippen molar-refractivity contribution in [3.63, 3.8) is 0 Å². The number of aromatic nitrogens is 1. The standard InChI is InChI=1S/C28H39N5O6S2/c34-24(7-2-1-6-23-26-21(18-41-23)32-28(36)33-26)29-8-10-37-12-14-39-15-13-38-11-9-30-27(35)20-16-19-4-3-5-22(40)25(19)31-17-20/h3-5,16-17,21,23,26,40H,1-2,6-15,18H2,(H,29,34)(H,30,35)(H2,32,33,36)/t21-,23-,26?/m0/s1. The van der Waals surface area contributed by atoms with Gasteiger partial charge in [0.05, 0.1) is 62.8 Å². The van der Waals surface area contributed by atoms with Crippen molar-refractivity contribution in [3.05, 3.63) is 36.0 Å². The Labute approximate surface area is 250 Å². The van der Waals surface area contributed by atoms with E-state index in [4.69, 9.17) is 14.2 Å². The first-order valence-corrected chi connectivity index (χ1v) is 15.6. The number of nitrogens with one attached hydrogen (secondary N) is 4. The van der Waals surface area contributed by atoms with E-state index < -0.39 is 0 Å². The van der Waals surface area contributed by atoms with Crippen LogP contribution in [-0.2, 0) is 19.0 Å². The van der Waals surface area contributed by atoms with Crippen molar-refractivity contribution in [1.82, 2.24) is 26.3 Å². The smallest absolute Gasteiger partial charge is 0.315 e. The molecule has 1 aromatic carbocycles. The molecule has 3 heterocycles. The Morgan fingerprint density at radius 2 is 1.73 bits per heavy atom. The zero-order valence-electron chi connectivity index (χ0n) is 23.1. The van der Waals surface area contributed by atoms with Crippen molar-refractivity contribution < 1.29 is 28.6 Å². The maximum Gasteiger partial charge on any atom is 0.315 e. The quantitative estimate of drug-likeness (QED) is 0.0990. The van der Waals surface area contributed by atoms with E-state index in [0.29, 0.717) is 70.0 Å². The number of rotatable bonds is 18. The SMILES string of the molecule is O=C(CCCC[C@@H]1SC[C@@H]2NC(=O)NC21)NCCOCCOCCOCCNC(=O)c1cnc2c(S)cccc2c1. The van der Waals surface area contributed by atoms with E-state index in [1.165, 1.54) is 0 Å². The summed E-state index contributed by atoms with van der Waals surface area (Å²) in [6.07, 6.45) is 4.86. The molecule has 0 aliphatic carbocycles. The normalized spacial score (nSPS) is 19.5. The number of carbonyl (C=O) groups excluding carboxylic acids is 3. The molecular formula is C28H39N5O6S2. The number of unbranched alkanes of at least 4 members (excludes halogenated alkanes) is 1. The zero-order valence-corrected chi connectivity index (χ0v) is 24.8. The van der Waals surface area contributed by atoms with Crippen LogP contribution in [-0.4, -0.2) is 98.6 Å². The molecule has 4 rings (SSSR count). The summed E-state index contributed by atoms with van der Waals surface area (Å²) in [5.74, 6) is 0.790. The molecule has 11 nitrogen and oxygen atoms in total. The van der Waals surface area contributed by atoms with Gasteiger partial charge >= 0.3 is 6.03 Å². The maximum atomic E-state index is 12.3. The summed E-state index contributed by atoms with van der Waals surface area (Å²) < 4.78 is 16.5. The Bertz CT molecular complexity index is 1170. The first-order valence-electron chi connectivity index (χ1n) is 14.1. The van der Waals surface area contributed by atoms with Gasteiger partial charge in [0.1, 0.15) is 0 Å². The van der Waals surface area contributed by atoms with Crippen LogP contribution in [0, 0.1) is 0 Å². The molecule has 2 aromatic rings. The topological polar surface area (TPSA) is 140 Å². The third-order valence-electron chi connectivity index (χ3n) is 6.88. The third-order valence-corrected chi connectivity index (χ3v) is 8.75. The van der Waals surface area contributed by atoms with Gasteiger partial charge in [-0.25, -0.2) is 4.79 Å². The fraction of sp³-hybridized carbons (Fsp3) is 0.571. The number of hydrogen-bond acceptors (Lipinski definition) is 9. The second-order valence-electron chi connectivity index (χ2n) is 9.88. The molecule has 2 aliphatic rings. The fourth-order valence-electron chi connectivity index (χ4n) is 4.77. The van der Waals surface area contributed by atoms with Crippen molar-refractivity contribution >= 4 is 53.1 Å². The van der Waals surface area contributed by atoms with E-state index in [1.807, 2.05) is 30.0 Å². The van der Waals surface area contributed by atoms with Crippen LogP contribution in [0.4, 0.5) is 4.79 Å². The number of urea groups is 1. The molecule has 0 saturated carbocycles. The highest BCUT2D eigenvalue weighted by atomic mass is 32.2. The Balaban J connectivity index is 0.903. The monoisotopic (exact) mass is 605 g/mol. The highest BCUT2D eigenvalue weighted by Gasteiger charge is 2.42. The molecule has 13 heteroatoms. The summed E-state index contributed by atoms with van der Waals surface area (Å²) in [6, 6.07) is 7.84. The number of carbonyl (C=O) groups is 3. The summed E-state index contributed by atoms with van der Waals surface area (Å²) in [6.45, 7) is 3.39. The number of amides is 4. The van der Waals surface area contributed by atoms with Crippen molar-refractivity contribution in [2.45, 2.75) is 47.9 Å². The maximum absolute atomic E-state index is 12.3. The van der Waals surface area contributed by atoms with Crippen molar-refractivity contribution in [2.24, 2.45) is 0 Å². The largest absolute Gasteiger partial charge is 0.377 e. The second-order valence-corrected chi connectivity index (χ2v) is 11.6. The van der Waals surface area contributed by atoms with E-state index in [1.54, 1.807) is 12.3 Å². The second kappa shape index (κ2) is 16.8. The van der Waals surface area contributed by atoms with Crippen LogP contribution in [0.1, 0.15) is 36.0 Å². The Morgan fingerprint density at radius 1 is 1.00 bits per heavy atom. The van der Waals surface area contributed by atoms with Gasteiger partial charge < -0.3 is 35.5 Å². The fourth-order valence-corrected chi connectivity index (χ4v) is 6.59. The summed E-state index contributed by atoms with van der Waals surface area (Å²) in [4.78, 5) is 40.9. The minimum atomic E-state index is -0.201. The molecule has 2 fully saturated rings. The molecule has 2 saturated heterocycles. The van der Waals surface area contributed by atoms with Crippen LogP contribution in [0.25, 0.3) is 10.9 Å². The van der Waals surface area contributed by atoms with Crippen LogP contribution >= 0.6 is 24.4 Å². The molecule has 4 amide bonds. The van der Waals surface area contributed by atoms with E-state index in [9.17, 15) is 14.4 Å². The Kier molecular flexibility index (Phi) is 12.8. The molecule has 224 valence electrons. The number of thioether (sulfide) groups is 1. The highest BCUT2D eigenvalue weighted by molar-refractivity contribution is 8.00. The minimum Gasteiger partial charge on any atom is -0.377 e. The lowest BCUT2D eigenvalue weighted by Gasteiger charge is -2.16. The molecular weight excluding hydrogens is 566 g/mol. The summed E-state index contributed by atoms with van der Waals surface area (Å²) in [5, 5.41) is 12.9. The van der Waals surface area contributed by atoms with Gasteiger partial charge in [-0.2, -0.15) is 11.8 Å². The van der Waals surface area contributed by atoms with Crippen LogP contribution in [0.3, 0.4) is 0 Å². The van der Waals surface area contributed by atoms with Crippen molar-refractivity contribution in [2.75, 3.05) is 58.5 Å². The predicted molar refractivity (Wildman–Crippen MR) is 161 cm³/mol. The summed E-state index contributed by atoms with van der Waals surface area (Å²) in [5.41, 5.74) is 1.26. The van der Waals surface area contributed by atoms with Gasteiger partial charge in [0.2, 0.25) is 5.91 Å². The molecule has 1 aromatic heterocycles. The highest BCUT2D eigenvalue weighted by Crippen LogP contribution is 2.33. The number of pyridine rings is 1. The van der Waals surface area contributed by atoms with Gasteiger partial charge in [0.15, 0.2) is 0 Å². The van der Waals surface area contributed by atoms with Gasteiger partial charge in [-0.05, 0) is 25.0 Å². The van der Waals surface area contributed by atoms with E-state index in [-0.39, 0.29) is 29.9 Å². The average molecular weight is 606 g/mol. The van der Waals surface area contributed by atoms with Crippen LogP contribution in [0.15, 0.2) is 35.4 Å². The number of para-hydroxylation sites is 1. The van der Waals surface area contributed by atoms with E-state index in [0.717, 1.165) is 40.8 Å². The zero-order chi connectivity index (χ0) is 28.9. The van der Waals surface area contributed by atoms with E-state index >= 15 is 0 Å². The number of hydrogen-bond donors (Lipinski definition) is 5. The minimum absolute atomic E-state index is 0.0343. The third kappa shape index (κ3) is 10.0. The van der Waals surface area contributed by atoms with Crippen molar-refractivity contribution in [1.29, 1.82) is 0 Å². The molecule has 0 bridgehead atoms. The summed E-state index contributed by atoms with van der Waals surface area (Å²) >= 11 is 6.28. The molecule has 3 atom stereocenters. The van der Waals surface area contributed by atoms with Gasteiger partial charge in [0.25, 0.3) is 5.91 Å². The number of thiol groups is 1. The molecule has 1 unspecified atom stereocenters. The molecule has 4 N–H and O–H groups in total.